The second kappa shape index (κ2) is 6.65. The second-order valence-electron chi connectivity index (χ2n) is 7.11. The first-order valence-electron chi connectivity index (χ1n) is 8.73. The molecular formula is C18H24N4O3. The molecule has 7 heteroatoms. The fourth-order valence-corrected chi connectivity index (χ4v) is 4.07. The van der Waals surface area contributed by atoms with Crippen LogP contribution in [0, 0.1) is 11.3 Å². The first kappa shape index (κ1) is 16.4. The highest BCUT2D eigenvalue weighted by atomic mass is 16.5. The topological polar surface area (TPSA) is 72.5 Å². The quantitative estimate of drug-likeness (QED) is 0.881. The van der Waals surface area contributed by atoms with Crippen molar-refractivity contribution in [1.82, 2.24) is 19.8 Å². The third-order valence-corrected chi connectivity index (χ3v) is 5.53. The van der Waals surface area contributed by atoms with E-state index in [-0.39, 0.29) is 17.2 Å². The van der Waals surface area contributed by atoms with Gasteiger partial charge in [-0.15, -0.1) is 0 Å². The van der Waals surface area contributed by atoms with Gasteiger partial charge < -0.3 is 19.0 Å². The molecule has 0 radical (unpaired) electrons. The molecule has 0 bridgehead atoms. The molecular weight excluding hydrogens is 320 g/mol. The Balaban J connectivity index is 1.47. The van der Waals surface area contributed by atoms with Crippen LogP contribution in [0.25, 0.3) is 0 Å². The maximum atomic E-state index is 13.1. The van der Waals surface area contributed by atoms with E-state index in [4.69, 9.17) is 9.15 Å². The summed E-state index contributed by atoms with van der Waals surface area (Å²) in [5.74, 6) is 1.12. The number of aryl methyl sites for hydroxylation is 1. The van der Waals surface area contributed by atoms with Crippen molar-refractivity contribution in [3.05, 3.63) is 42.4 Å². The first-order chi connectivity index (χ1) is 12.2. The van der Waals surface area contributed by atoms with Gasteiger partial charge in [-0.05, 0) is 18.6 Å². The van der Waals surface area contributed by atoms with Crippen molar-refractivity contribution >= 4 is 5.91 Å². The molecule has 4 rings (SSSR count). The van der Waals surface area contributed by atoms with Crippen LogP contribution >= 0.6 is 0 Å². The van der Waals surface area contributed by atoms with Crippen LogP contribution in [0.15, 0.2) is 35.3 Å². The van der Waals surface area contributed by atoms with E-state index in [1.165, 1.54) is 0 Å². The lowest BCUT2D eigenvalue weighted by atomic mass is 9.73. The van der Waals surface area contributed by atoms with Crippen LogP contribution in [0.1, 0.15) is 17.9 Å². The third-order valence-electron chi connectivity index (χ3n) is 5.53. The molecule has 2 saturated heterocycles. The fraction of sp³-hybridized carbons (Fsp3) is 0.556. The molecule has 1 amide bonds. The van der Waals surface area contributed by atoms with E-state index in [9.17, 15) is 4.79 Å². The Labute approximate surface area is 147 Å². The third kappa shape index (κ3) is 3.09. The zero-order valence-electron chi connectivity index (χ0n) is 14.5. The molecule has 2 fully saturated rings. The van der Waals surface area contributed by atoms with Crippen molar-refractivity contribution < 1.29 is 13.9 Å². The number of rotatable bonds is 5. The second-order valence-corrected chi connectivity index (χ2v) is 7.11. The number of ether oxygens (including phenoxy) is 1. The average molecular weight is 344 g/mol. The minimum atomic E-state index is -0.372. The van der Waals surface area contributed by atoms with Crippen molar-refractivity contribution in [1.29, 1.82) is 0 Å². The number of carbonyl (C=O) groups is 1. The molecule has 2 aliphatic rings. The van der Waals surface area contributed by atoms with Gasteiger partial charge in [-0.3, -0.25) is 9.69 Å². The summed E-state index contributed by atoms with van der Waals surface area (Å²) in [6.07, 6.45) is 6.10. The summed E-state index contributed by atoms with van der Waals surface area (Å²) < 4.78 is 13.0. The summed E-state index contributed by atoms with van der Waals surface area (Å²) in [6.45, 7) is 4.17. The normalized spacial score (nSPS) is 26.5. The van der Waals surface area contributed by atoms with Crippen molar-refractivity contribution in [3.63, 3.8) is 0 Å². The maximum Gasteiger partial charge on any atom is 0.228 e. The molecule has 134 valence electrons. The van der Waals surface area contributed by atoms with Gasteiger partial charge in [0, 0.05) is 45.4 Å². The summed E-state index contributed by atoms with van der Waals surface area (Å²) in [7, 11) is 2.00. The van der Waals surface area contributed by atoms with Gasteiger partial charge in [0.25, 0.3) is 0 Å². The van der Waals surface area contributed by atoms with E-state index in [2.05, 4.69) is 15.2 Å². The number of aromatic nitrogens is 2. The highest BCUT2D eigenvalue weighted by molar-refractivity contribution is 5.83. The zero-order chi connectivity index (χ0) is 17.3. The minimum Gasteiger partial charge on any atom is -0.467 e. The summed E-state index contributed by atoms with van der Waals surface area (Å²) in [4.78, 5) is 19.6. The number of furan rings is 1. The Hall–Kier alpha value is -2.12. The van der Waals surface area contributed by atoms with Crippen molar-refractivity contribution in [2.75, 3.05) is 26.3 Å². The molecule has 2 unspecified atom stereocenters. The standard InChI is InChI=1S/C18H24N4O3/c1-21-13-19-7-15(21)10-22-9-14-11-24-6-4-18(14,12-22)17(23)20-8-16-3-2-5-25-16/h2-3,5,7,13-14H,4,6,8-12H2,1H3,(H,20,23). The number of fused-ring (bicyclic) bond motifs is 1. The van der Waals surface area contributed by atoms with E-state index in [0.717, 1.165) is 37.5 Å². The van der Waals surface area contributed by atoms with E-state index in [1.54, 1.807) is 6.26 Å². The molecule has 0 saturated carbocycles. The van der Waals surface area contributed by atoms with Crippen molar-refractivity contribution in [2.24, 2.45) is 18.4 Å². The van der Waals surface area contributed by atoms with E-state index in [0.29, 0.717) is 19.8 Å². The summed E-state index contributed by atoms with van der Waals surface area (Å²) in [5, 5.41) is 3.08. The average Bonchev–Trinajstić information content (AvgIpc) is 3.33. The molecule has 2 aliphatic heterocycles. The molecule has 1 N–H and O–H groups in total. The number of likely N-dealkylation sites (tertiary alicyclic amines) is 1. The molecule has 2 atom stereocenters. The van der Waals surface area contributed by atoms with Crippen LogP contribution < -0.4 is 5.32 Å². The minimum absolute atomic E-state index is 0.115. The van der Waals surface area contributed by atoms with Gasteiger partial charge in [0.05, 0.1) is 36.9 Å². The predicted molar refractivity (Wildman–Crippen MR) is 90.4 cm³/mol. The Morgan fingerprint density at radius 1 is 1.52 bits per heavy atom. The van der Waals surface area contributed by atoms with Crippen LogP contribution in [-0.4, -0.2) is 46.7 Å². The number of nitrogens with zero attached hydrogens (tertiary/aromatic N) is 3. The number of amides is 1. The molecule has 0 spiro atoms. The van der Waals surface area contributed by atoms with Gasteiger partial charge in [0.1, 0.15) is 5.76 Å². The summed E-state index contributed by atoms with van der Waals surface area (Å²) in [5.41, 5.74) is 0.786. The van der Waals surface area contributed by atoms with E-state index in [1.807, 2.05) is 36.3 Å². The van der Waals surface area contributed by atoms with Gasteiger partial charge in [-0.1, -0.05) is 0 Å². The maximum absolute atomic E-state index is 13.1. The highest BCUT2D eigenvalue weighted by Crippen LogP contribution is 2.43. The Morgan fingerprint density at radius 3 is 3.20 bits per heavy atom. The van der Waals surface area contributed by atoms with Gasteiger partial charge in [-0.25, -0.2) is 4.98 Å². The van der Waals surface area contributed by atoms with Crippen LogP contribution in [0.3, 0.4) is 0 Å². The smallest absolute Gasteiger partial charge is 0.228 e. The van der Waals surface area contributed by atoms with Gasteiger partial charge >= 0.3 is 0 Å². The molecule has 4 heterocycles. The molecule has 25 heavy (non-hydrogen) atoms. The molecule has 0 aromatic carbocycles. The van der Waals surface area contributed by atoms with Crippen LogP contribution in [0.5, 0.6) is 0 Å². The van der Waals surface area contributed by atoms with E-state index >= 15 is 0 Å². The summed E-state index contributed by atoms with van der Waals surface area (Å²) in [6, 6.07) is 3.71. The lowest BCUT2D eigenvalue weighted by Crippen LogP contribution is -2.50. The lowest BCUT2D eigenvalue weighted by Gasteiger charge is -2.36. The van der Waals surface area contributed by atoms with Gasteiger partial charge in [0.2, 0.25) is 5.91 Å². The predicted octanol–water partition coefficient (Wildman–Crippen LogP) is 1.17. The number of carbonyl (C=O) groups excluding carboxylic acids is 1. The molecule has 7 nitrogen and oxygen atoms in total. The zero-order valence-corrected chi connectivity index (χ0v) is 14.5. The number of imidazole rings is 1. The van der Waals surface area contributed by atoms with Gasteiger partial charge in [0.15, 0.2) is 0 Å². The van der Waals surface area contributed by atoms with Crippen LogP contribution in [-0.2, 0) is 29.7 Å². The largest absolute Gasteiger partial charge is 0.467 e. The van der Waals surface area contributed by atoms with Gasteiger partial charge in [-0.2, -0.15) is 0 Å². The Morgan fingerprint density at radius 2 is 2.44 bits per heavy atom. The Kier molecular flexibility index (Phi) is 4.35. The number of hydrogen-bond acceptors (Lipinski definition) is 5. The Bertz CT molecular complexity index is 727. The number of nitrogens with one attached hydrogen (secondary N) is 1. The molecule has 2 aromatic rings. The fourth-order valence-electron chi connectivity index (χ4n) is 4.07. The van der Waals surface area contributed by atoms with E-state index < -0.39 is 0 Å². The SMILES string of the molecule is Cn1cncc1CN1CC2COCCC2(C(=O)NCc2ccco2)C1. The molecule has 0 aliphatic carbocycles. The summed E-state index contributed by atoms with van der Waals surface area (Å²) >= 11 is 0. The number of hydrogen-bond donors (Lipinski definition) is 1. The van der Waals surface area contributed by atoms with Crippen molar-refractivity contribution in [2.45, 2.75) is 19.5 Å². The van der Waals surface area contributed by atoms with Crippen LogP contribution in [0.4, 0.5) is 0 Å². The van der Waals surface area contributed by atoms with Crippen molar-refractivity contribution in [3.8, 4) is 0 Å². The molecule has 2 aromatic heterocycles. The highest BCUT2D eigenvalue weighted by Gasteiger charge is 2.53. The lowest BCUT2D eigenvalue weighted by molar-refractivity contribution is -0.139. The monoisotopic (exact) mass is 344 g/mol. The first-order valence-corrected chi connectivity index (χ1v) is 8.73. The van der Waals surface area contributed by atoms with Crippen LogP contribution in [0.2, 0.25) is 0 Å².